The average molecular weight is 185 g/mol. The standard InChI is InChI=1S/C9H19N3O/c1-2-5-11-9(13)12-8-3-6-10-7-4-8/h8,10H,2-7H2,1H3,(H2,11,12,13). The quantitative estimate of drug-likeness (QED) is 0.598. The van der Waals surface area contributed by atoms with Gasteiger partial charge in [0.1, 0.15) is 0 Å². The fourth-order valence-corrected chi connectivity index (χ4v) is 1.44. The SMILES string of the molecule is CCCNC(=O)NC1CCNCC1. The van der Waals surface area contributed by atoms with Gasteiger partial charge in [0.25, 0.3) is 0 Å². The third-order valence-corrected chi connectivity index (χ3v) is 2.21. The van der Waals surface area contributed by atoms with Gasteiger partial charge in [0.15, 0.2) is 0 Å². The first kappa shape index (κ1) is 10.3. The Kier molecular flexibility index (Phi) is 4.60. The molecule has 0 aromatic carbocycles. The molecule has 1 fully saturated rings. The maximum Gasteiger partial charge on any atom is 0.315 e. The van der Waals surface area contributed by atoms with Gasteiger partial charge in [0.05, 0.1) is 0 Å². The Morgan fingerprint density at radius 3 is 2.77 bits per heavy atom. The first-order valence-electron chi connectivity index (χ1n) is 5.08. The molecule has 76 valence electrons. The number of carbonyl (C=O) groups excluding carboxylic acids is 1. The minimum Gasteiger partial charge on any atom is -0.338 e. The van der Waals surface area contributed by atoms with Gasteiger partial charge in [-0.2, -0.15) is 0 Å². The topological polar surface area (TPSA) is 53.2 Å². The minimum absolute atomic E-state index is 0.0197. The second-order valence-electron chi connectivity index (χ2n) is 3.42. The second-order valence-corrected chi connectivity index (χ2v) is 3.42. The molecule has 0 aromatic heterocycles. The fraction of sp³-hybridized carbons (Fsp3) is 0.889. The van der Waals surface area contributed by atoms with Gasteiger partial charge in [0, 0.05) is 12.6 Å². The zero-order valence-electron chi connectivity index (χ0n) is 8.23. The molecule has 0 spiro atoms. The van der Waals surface area contributed by atoms with Crippen LogP contribution in [0.25, 0.3) is 0 Å². The highest BCUT2D eigenvalue weighted by molar-refractivity contribution is 5.74. The normalized spacial score (nSPS) is 18.2. The zero-order valence-corrected chi connectivity index (χ0v) is 8.23. The number of hydrogen-bond donors (Lipinski definition) is 3. The van der Waals surface area contributed by atoms with Crippen molar-refractivity contribution < 1.29 is 4.79 Å². The van der Waals surface area contributed by atoms with Crippen LogP contribution in [0.5, 0.6) is 0 Å². The smallest absolute Gasteiger partial charge is 0.315 e. The Balaban J connectivity index is 2.11. The molecule has 1 rings (SSSR count). The number of hydrogen-bond acceptors (Lipinski definition) is 2. The average Bonchev–Trinajstić information content (AvgIpc) is 2.16. The molecule has 4 heteroatoms. The molecular formula is C9H19N3O. The Hall–Kier alpha value is -0.770. The Morgan fingerprint density at radius 2 is 2.15 bits per heavy atom. The lowest BCUT2D eigenvalue weighted by atomic mass is 10.1. The van der Waals surface area contributed by atoms with Crippen LogP contribution < -0.4 is 16.0 Å². The van der Waals surface area contributed by atoms with Crippen molar-refractivity contribution in [2.24, 2.45) is 0 Å². The van der Waals surface area contributed by atoms with Crippen molar-refractivity contribution in [3.8, 4) is 0 Å². The van der Waals surface area contributed by atoms with Gasteiger partial charge in [0.2, 0.25) is 0 Å². The lowest BCUT2D eigenvalue weighted by molar-refractivity contribution is 0.233. The minimum atomic E-state index is -0.0197. The summed E-state index contributed by atoms with van der Waals surface area (Å²) < 4.78 is 0. The Labute approximate surface area is 79.5 Å². The number of urea groups is 1. The second kappa shape index (κ2) is 5.80. The summed E-state index contributed by atoms with van der Waals surface area (Å²) in [4.78, 5) is 11.2. The monoisotopic (exact) mass is 185 g/mol. The zero-order chi connectivity index (χ0) is 9.52. The predicted molar refractivity (Wildman–Crippen MR) is 52.7 cm³/mol. The highest BCUT2D eigenvalue weighted by Gasteiger charge is 2.14. The number of nitrogens with one attached hydrogen (secondary N) is 3. The van der Waals surface area contributed by atoms with E-state index in [2.05, 4.69) is 16.0 Å². The van der Waals surface area contributed by atoms with Crippen molar-refractivity contribution in [1.82, 2.24) is 16.0 Å². The number of piperidine rings is 1. The third kappa shape index (κ3) is 4.12. The molecule has 1 aliphatic heterocycles. The summed E-state index contributed by atoms with van der Waals surface area (Å²) in [7, 11) is 0. The van der Waals surface area contributed by atoms with E-state index >= 15 is 0 Å². The molecule has 1 aliphatic rings. The van der Waals surface area contributed by atoms with E-state index in [-0.39, 0.29) is 6.03 Å². The molecule has 0 atom stereocenters. The van der Waals surface area contributed by atoms with Gasteiger partial charge >= 0.3 is 6.03 Å². The first-order valence-corrected chi connectivity index (χ1v) is 5.08. The molecule has 1 saturated heterocycles. The van der Waals surface area contributed by atoms with Gasteiger partial charge in [-0.1, -0.05) is 6.92 Å². The first-order chi connectivity index (χ1) is 6.33. The van der Waals surface area contributed by atoms with Crippen LogP contribution in [-0.2, 0) is 0 Å². The molecule has 3 N–H and O–H groups in total. The van der Waals surface area contributed by atoms with E-state index in [1.807, 2.05) is 6.92 Å². The van der Waals surface area contributed by atoms with E-state index in [1.165, 1.54) is 0 Å². The van der Waals surface area contributed by atoms with Crippen molar-refractivity contribution in [3.05, 3.63) is 0 Å². The van der Waals surface area contributed by atoms with Crippen LogP contribution in [0.3, 0.4) is 0 Å². The predicted octanol–water partition coefficient (Wildman–Crippen LogP) is 0.448. The fourth-order valence-electron chi connectivity index (χ4n) is 1.44. The van der Waals surface area contributed by atoms with Gasteiger partial charge in [-0.15, -0.1) is 0 Å². The van der Waals surface area contributed by atoms with Crippen LogP contribution in [0.1, 0.15) is 26.2 Å². The molecule has 13 heavy (non-hydrogen) atoms. The van der Waals surface area contributed by atoms with E-state index in [1.54, 1.807) is 0 Å². The summed E-state index contributed by atoms with van der Waals surface area (Å²) in [6.07, 6.45) is 3.07. The lowest BCUT2D eigenvalue weighted by Crippen LogP contribution is -2.46. The molecule has 4 nitrogen and oxygen atoms in total. The summed E-state index contributed by atoms with van der Waals surface area (Å²) in [6.45, 7) is 4.83. The van der Waals surface area contributed by atoms with Crippen LogP contribution in [-0.4, -0.2) is 31.7 Å². The van der Waals surface area contributed by atoms with Crippen molar-refractivity contribution in [1.29, 1.82) is 0 Å². The Bertz CT molecular complexity index is 155. The number of amides is 2. The van der Waals surface area contributed by atoms with Crippen molar-refractivity contribution in [2.75, 3.05) is 19.6 Å². The number of rotatable bonds is 3. The van der Waals surface area contributed by atoms with E-state index in [4.69, 9.17) is 0 Å². The van der Waals surface area contributed by atoms with E-state index in [9.17, 15) is 4.79 Å². The van der Waals surface area contributed by atoms with Crippen LogP contribution >= 0.6 is 0 Å². The van der Waals surface area contributed by atoms with Gasteiger partial charge in [-0.3, -0.25) is 0 Å². The van der Waals surface area contributed by atoms with Crippen LogP contribution in [0, 0.1) is 0 Å². The molecule has 0 radical (unpaired) electrons. The van der Waals surface area contributed by atoms with Crippen molar-refractivity contribution >= 4 is 6.03 Å². The highest BCUT2D eigenvalue weighted by Crippen LogP contribution is 2.00. The molecular weight excluding hydrogens is 166 g/mol. The van der Waals surface area contributed by atoms with Crippen LogP contribution in [0.4, 0.5) is 4.79 Å². The molecule has 2 amide bonds. The molecule has 0 saturated carbocycles. The van der Waals surface area contributed by atoms with Crippen LogP contribution in [0.15, 0.2) is 0 Å². The molecule has 0 aromatic rings. The molecule has 0 aliphatic carbocycles. The highest BCUT2D eigenvalue weighted by atomic mass is 16.2. The van der Waals surface area contributed by atoms with E-state index < -0.39 is 0 Å². The van der Waals surface area contributed by atoms with Gasteiger partial charge in [-0.25, -0.2) is 4.79 Å². The van der Waals surface area contributed by atoms with Crippen LogP contribution in [0.2, 0.25) is 0 Å². The summed E-state index contributed by atoms with van der Waals surface area (Å²) in [5.74, 6) is 0. The maximum atomic E-state index is 11.2. The summed E-state index contributed by atoms with van der Waals surface area (Å²) in [5.41, 5.74) is 0. The molecule has 1 heterocycles. The van der Waals surface area contributed by atoms with Gasteiger partial charge in [-0.05, 0) is 32.4 Å². The summed E-state index contributed by atoms with van der Waals surface area (Å²) in [6, 6.07) is 0.340. The van der Waals surface area contributed by atoms with E-state index in [0.29, 0.717) is 6.04 Å². The largest absolute Gasteiger partial charge is 0.338 e. The van der Waals surface area contributed by atoms with Crippen molar-refractivity contribution in [3.63, 3.8) is 0 Å². The summed E-state index contributed by atoms with van der Waals surface area (Å²) >= 11 is 0. The Morgan fingerprint density at radius 1 is 1.46 bits per heavy atom. The molecule has 0 unspecified atom stereocenters. The van der Waals surface area contributed by atoms with Gasteiger partial charge < -0.3 is 16.0 Å². The lowest BCUT2D eigenvalue weighted by Gasteiger charge is -2.23. The maximum absolute atomic E-state index is 11.2. The number of carbonyl (C=O) groups is 1. The third-order valence-electron chi connectivity index (χ3n) is 2.21. The molecule has 0 bridgehead atoms. The van der Waals surface area contributed by atoms with Crippen molar-refractivity contribution in [2.45, 2.75) is 32.2 Å². The van der Waals surface area contributed by atoms with E-state index in [0.717, 1.165) is 38.9 Å². The summed E-state index contributed by atoms with van der Waals surface area (Å²) in [5, 5.41) is 9.03.